The minimum absolute atomic E-state index is 0.550. The van der Waals surface area contributed by atoms with Crippen molar-refractivity contribution in [2.24, 2.45) is 4.99 Å². The molecule has 0 aliphatic carbocycles. The largest absolute Gasteiger partial charge is 0.497 e. The van der Waals surface area contributed by atoms with Gasteiger partial charge in [0.25, 0.3) is 0 Å². The molecule has 6 heteroatoms. The maximum Gasteiger partial charge on any atom is 0.191 e. The van der Waals surface area contributed by atoms with Gasteiger partial charge >= 0.3 is 0 Å². The van der Waals surface area contributed by atoms with Gasteiger partial charge in [-0.25, -0.2) is 4.99 Å². The van der Waals surface area contributed by atoms with Crippen molar-refractivity contribution in [3.8, 4) is 11.5 Å². The molecule has 0 bridgehead atoms. The fourth-order valence-electron chi connectivity index (χ4n) is 2.42. The quantitative estimate of drug-likeness (QED) is 0.404. The summed E-state index contributed by atoms with van der Waals surface area (Å²) in [5.41, 5.74) is 2.36. The Kier molecular flexibility index (Phi) is 8.29. The fourth-order valence-corrected chi connectivity index (χ4v) is 2.42. The molecule has 0 spiro atoms. The Morgan fingerprint density at radius 2 is 1.63 bits per heavy atom. The third-order valence-electron chi connectivity index (χ3n) is 3.94. The highest BCUT2D eigenvalue weighted by atomic mass is 16.5. The molecule has 0 aliphatic heterocycles. The van der Waals surface area contributed by atoms with E-state index < -0.39 is 0 Å². The van der Waals surface area contributed by atoms with Crippen molar-refractivity contribution in [1.29, 1.82) is 0 Å². The first-order chi connectivity index (χ1) is 13.1. The zero-order valence-corrected chi connectivity index (χ0v) is 16.7. The van der Waals surface area contributed by atoms with Gasteiger partial charge in [-0.05, 0) is 48.9 Å². The van der Waals surface area contributed by atoms with Crippen LogP contribution in [0.3, 0.4) is 0 Å². The molecule has 0 unspecified atom stereocenters. The lowest BCUT2D eigenvalue weighted by atomic mass is 10.2. The molecule has 0 atom stereocenters. The number of guanidine groups is 1. The Morgan fingerprint density at radius 3 is 2.22 bits per heavy atom. The standard InChI is InChI=1S/C21H30N4O2/c1-5-22-21(24-16-17-6-8-18(9-7-17)25(2)3)23-14-15-27-20-12-10-19(26-4)11-13-20/h6-13H,5,14-16H2,1-4H3,(H2,22,23,24). The van der Waals surface area contributed by atoms with Crippen LogP contribution in [0.4, 0.5) is 5.69 Å². The van der Waals surface area contributed by atoms with Gasteiger partial charge in [0.15, 0.2) is 5.96 Å². The number of anilines is 1. The van der Waals surface area contributed by atoms with Gasteiger partial charge < -0.3 is 25.0 Å². The van der Waals surface area contributed by atoms with Crippen molar-refractivity contribution in [2.75, 3.05) is 45.8 Å². The second-order valence-electron chi connectivity index (χ2n) is 6.21. The van der Waals surface area contributed by atoms with Gasteiger partial charge in [0.1, 0.15) is 18.1 Å². The summed E-state index contributed by atoms with van der Waals surface area (Å²) in [6.07, 6.45) is 0. The Balaban J connectivity index is 1.80. The first-order valence-corrected chi connectivity index (χ1v) is 9.17. The molecule has 0 saturated carbocycles. The number of nitrogens with one attached hydrogen (secondary N) is 2. The summed E-state index contributed by atoms with van der Waals surface area (Å²) in [6.45, 7) is 4.70. The number of benzene rings is 2. The minimum Gasteiger partial charge on any atom is -0.497 e. The van der Waals surface area contributed by atoms with Crippen molar-refractivity contribution in [2.45, 2.75) is 13.5 Å². The molecule has 2 rings (SSSR count). The van der Waals surface area contributed by atoms with Gasteiger partial charge in [-0.15, -0.1) is 0 Å². The predicted molar refractivity (Wildman–Crippen MR) is 112 cm³/mol. The number of rotatable bonds is 9. The lowest BCUT2D eigenvalue weighted by molar-refractivity contribution is 0.321. The van der Waals surface area contributed by atoms with E-state index in [9.17, 15) is 0 Å². The van der Waals surface area contributed by atoms with Crippen molar-refractivity contribution in [1.82, 2.24) is 10.6 Å². The number of ether oxygens (including phenoxy) is 2. The molecule has 2 aromatic carbocycles. The third-order valence-corrected chi connectivity index (χ3v) is 3.94. The molecule has 146 valence electrons. The minimum atomic E-state index is 0.550. The molecule has 2 aromatic rings. The van der Waals surface area contributed by atoms with Crippen LogP contribution in [-0.2, 0) is 6.54 Å². The van der Waals surface area contributed by atoms with E-state index in [1.807, 2.05) is 38.4 Å². The molecule has 0 saturated heterocycles. The molecule has 2 N–H and O–H groups in total. The summed E-state index contributed by atoms with van der Waals surface area (Å²) in [5.74, 6) is 2.42. The first-order valence-electron chi connectivity index (χ1n) is 9.17. The van der Waals surface area contributed by atoms with Gasteiger partial charge in [0, 0.05) is 26.3 Å². The summed E-state index contributed by atoms with van der Waals surface area (Å²) in [5, 5.41) is 6.55. The number of nitrogens with zero attached hydrogens (tertiary/aromatic N) is 2. The van der Waals surface area contributed by atoms with E-state index in [1.54, 1.807) is 7.11 Å². The monoisotopic (exact) mass is 370 g/mol. The van der Waals surface area contributed by atoms with Crippen LogP contribution in [0, 0.1) is 0 Å². The molecule has 0 aliphatic rings. The third kappa shape index (κ3) is 7.09. The molecule has 27 heavy (non-hydrogen) atoms. The van der Waals surface area contributed by atoms with E-state index in [1.165, 1.54) is 11.3 Å². The number of methoxy groups -OCH3 is 1. The summed E-state index contributed by atoms with van der Waals surface area (Å²) < 4.78 is 10.9. The summed E-state index contributed by atoms with van der Waals surface area (Å²) in [6, 6.07) is 16.0. The topological polar surface area (TPSA) is 58.1 Å². The lowest BCUT2D eigenvalue weighted by Gasteiger charge is -2.13. The van der Waals surface area contributed by atoms with Gasteiger partial charge in [0.05, 0.1) is 20.2 Å². The van der Waals surface area contributed by atoms with Crippen LogP contribution in [0.2, 0.25) is 0 Å². The molecular formula is C21H30N4O2. The molecule has 0 fully saturated rings. The summed E-state index contributed by atoms with van der Waals surface area (Å²) in [7, 11) is 5.72. The van der Waals surface area contributed by atoms with Crippen LogP contribution in [0.1, 0.15) is 12.5 Å². The van der Waals surface area contributed by atoms with Gasteiger partial charge in [-0.1, -0.05) is 12.1 Å². The van der Waals surface area contributed by atoms with Crippen molar-refractivity contribution >= 4 is 11.6 Å². The van der Waals surface area contributed by atoms with E-state index in [0.29, 0.717) is 19.7 Å². The molecular weight excluding hydrogens is 340 g/mol. The molecule has 0 aromatic heterocycles. The van der Waals surface area contributed by atoms with Crippen LogP contribution in [0.25, 0.3) is 0 Å². The van der Waals surface area contributed by atoms with Gasteiger partial charge in [0.2, 0.25) is 0 Å². The predicted octanol–water partition coefficient (Wildman–Crippen LogP) is 2.90. The van der Waals surface area contributed by atoms with Gasteiger partial charge in [-0.2, -0.15) is 0 Å². The van der Waals surface area contributed by atoms with Crippen LogP contribution in [-0.4, -0.2) is 46.9 Å². The fraction of sp³-hybridized carbons (Fsp3) is 0.381. The first kappa shape index (κ1) is 20.4. The van der Waals surface area contributed by atoms with E-state index in [-0.39, 0.29) is 0 Å². The number of hydrogen-bond acceptors (Lipinski definition) is 4. The zero-order valence-electron chi connectivity index (χ0n) is 16.7. The molecule has 6 nitrogen and oxygen atoms in total. The second kappa shape index (κ2) is 11.0. The zero-order chi connectivity index (χ0) is 19.5. The molecule has 0 amide bonds. The Morgan fingerprint density at radius 1 is 0.963 bits per heavy atom. The summed E-state index contributed by atoms with van der Waals surface area (Å²) >= 11 is 0. The highest BCUT2D eigenvalue weighted by Gasteiger charge is 2.00. The molecule has 0 radical (unpaired) electrons. The Hall–Kier alpha value is -2.89. The van der Waals surface area contributed by atoms with Crippen molar-refractivity contribution in [3.05, 3.63) is 54.1 Å². The average Bonchev–Trinajstić information content (AvgIpc) is 2.70. The van der Waals surface area contributed by atoms with Crippen LogP contribution in [0.15, 0.2) is 53.5 Å². The highest BCUT2D eigenvalue weighted by molar-refractivity contribution is 5.79. The van der Waals surface area contributed by atoms with Crippen molar-refractivity contribution < 1.29 is 9.47 Å². The highest BCUT2D eigenvalue weighted by Crippen LogP contribution is 2.16. The van der Waals surface area contributed by atoms with Crippen molar-refractivity contribution in [3.63, 3.8) is 0 Å². The van der Waals surface area contributed by atoms with E-state index in [2.05, 4.69) is 51.7 Å². The average molecular weight is 370 g/mol. The van der Waals surface area contributed by atoms with E-state index >= 15 is 0 Å². The summed E-state index contributed by atoms with van der Waals surface area (Å²) in [4.78, 5) is 6.72. The number of aliphatic imine (C=N–C) groups is 1. The van der Waals surface area contributed by atoms with Crippen LogP contribution >= 0.6 is 0 Å². The Bertz CT molecular complexity index is 697. The van der Waals surface area contributed by atoms with E-state index in [0.717, 1.165) is 24.0 Å². The normalized spacial score (nSPS) is 11.0. The van der Waals surface area contributed by atoms with Crippen LogP contribution < -0.4 is 25.0 Å². The van der Waals surface area contributed by atoms with Gasteiger partial charge in [-0.3, -0.25) is 0 Å². The number of hydrogen-bond donors (Lipinski definition) is 2. The second-order valence-corrected chi connectivity index (χ2v) is 6.21. The SMILES string of the molecule is CCNC(=NCc1ccc(N(C)C)cc1)NCCOc1ccc(OC)cc1. The molecule has 0 heterocycles. The van der Waals surface area contributed by atoms with Crippen LogP contribution in [0.5, 0.6) is 11.5 Å². The maximum atomic E-state index is 5.73. The maximum absolute atomic E-state index is 5.73. The smallest absolute Gasteiger partial charge is 0.191 e. The Labute approximate surface area is 162 Å². The van der Waals surface area contributed by atoms with E-state index in [4.69, 9.17) is 9.47 Å². The lowest BCUT2D eigenvalue weighted by Crippen LogP contribution is -2.39.